The highest BCUT2D eigenvalue weighted by Gasteiger charge is 2.55. The Labute approximate surface area is 108 Å². The van der Waals surface area contributed by atoms with Crippen LogP contribution in [0.15, 0.2) is 0 Å². The number of likely N-dealkylation sites (tertiary alicyclic amines) is 1. The van der Waals surface area contributed by atoms with E-state index in [0.717, 1.165) is 4.90 Å². The number of imide groups is 1. The van der Waals surface area contributed by atoms with E-state index in [9.17, 15) is 14.4 Å². The highest BCUT2D eigenvalue weighted by molar-refractivity contribution is 6.02. The first-order chi connectivity index (χ1) is 9.08. The Kier molecular flexibility index (Phi) is 2.90. The van der Waals surface area contributed by atoms with Crippen LogP contribution < -0.4 is 0 Å². The molecular weight excluding hydrogens is 258 g/mol. The molecule has 3 aliphatic heterocycles. The Hall–Kier alpha value is -1.67. The van der Waals surface area contributed by atoms with Crippen LogP contribution in [0, 0.1) is 5.92 Å². The van der Waals surface area contributed by atoms with Gasteiger partial charge in [0, 0.05) is 12.8 Å². The van der Waals surface area contributed by atoms with Gasteiger partial charge in [-0.3, -0.25) is 14.5 Å². The summed E-state index contributed by atoms with van der Waals surface area (Å²) in [4.78, 5) is 35.1. The van der Waals surface area contributed by atoms with Crippen LogP contribution in [0.1, 0.15) is 19.3 Å². The molecule has 0 aromatic heterocycles. The average Bonchev–Trinajstić information content (AvgIpc) is 2.97. The predicted octanol–water partition coefficient (Wildman–Crippen LogP) is -0.0825. The molecule has 0 spiro atoms. The molecule has 2 amide bonds. The number of hydrogen-bond acceptors (Lipinski definition) is 6. The Bertz CT molecular complexity index is 421. The molecule has 3 fully saturated rings. The molecule has 3 saturated heterocycles. The molecule has 3 aliphatic rings. The van der Waals surface area contributed by atoms with Gasteiger partial charge in [-0.25, -0.2) is 4.79 Å². The number of rotatable bonds is 2. The zero-order valence-electron chi connectivity index (χ0n) is 9.98. The highest BCUT2D eigenvalue weighted by Crippen LogP contribution is 2.39. The van der Waals surface area contributed by atoms with Crippen molar-refractivity contribution in [3.63, 3.8) is 0 Å². The van der Waals surface area contributed by atoms with Crippen molar-refractivity contribution in [2.45, 2.75) is 37.9 Å². The number of fused-ring (bicyclic) bond motifs is 1. The van der Waals surface area contributed by atoms with Gasteiger partial charge in [0.25, 0.3) is 0 Å². The minimum absolute atomic E-state index is 0.120. The van der Waals surface area contributed by atoms with Gasteiger partial charge >= 0.3 is 6.16 Å². The van der Waals surface area contributed by atoms with Crippen molar-refractivity contribution >= 4 is 18.0 Å². The van der Waals surface area contributed by atoms with Crippen molar-refractivity contribution < 1.29 is 33.7 Å². The summed E-state index contributed by atoms with van der Waals surface area (Å²) in [6.07, 6.45) is -3.13. The second-order valence-electron chi connectivity index (χ2n) is 4.72. The molecule has 0 aromatic carbocycles. The van der Waals surface area contributed by atoms with Gasteiger partial charge in [0.15, 0.2) is 18.6 Å². The van der Waals surface area contributed by atoms with Gasteiger partial charge in [-0.15, -0.1) is 0 Å². The number of hydrogen-bond donors (Lipinski definition) is 1. The molecule has 0 aliphatic carbocycles. The maximum absolute atomic E-state index is 11.7. The number of ether oxygens (including phenoxy) is 3. The largest absolute Gasteiger partial charge is 0.506 e. The molecule has 0 bridgehead atoms. The molecule has 3 heterocycles. The van der Waals surface area contributed by atoms with Crippen LogP contribution in [0.25, 0.3) is 0 Å². The SMILES string of the molecule is O=C(O)OC1C2CCOC2OC1N1C(=O)CCC1=O. The second kappa shape index (κ2) is 4.46. The summed E-state index contributed by atoms with van der Waals surface area (Å²) >= 11 is 0. The summed E-state index contributed by atoms with van der Waals surface area (Å²) < 4.78 is 15.6. The quantitative estimate of drug-likeness (QED) is 0.553. The fraction of sp³-hybridized carbons (Fsp3) is 0.727. The van der Waals surface area contributed by atoms with Crippen LogP contribution in [-0.4, -0.2) is 53.2 Å². The summed E-state index contributed by atoms with van der Waals surface area (Å²) in [6, 6.07) is 0. The lowest BCUT2D eigenvalue weighted by atomic mass is 10.0. The van der Waals surface area contributed by atoms with Crippen molar-refractivity contribution in [3.05, 3.63) is 0 Å². The predicted molar refractivity (Wildman–Crippen MR) is 56.7 cm³/mol. The van der Waals surface area contributed by atoms with Crippen molar-refractivity contribution in [2.24, 2.45) is 5.92 Å². The van der Waals surface area contributed by atoms with E-state index in [2.05, 4.69) is 0 Å². The van der Waals surface area contributed by atoms with Gasteiger partial charge in [-0.2, -0.15) is 0 Å². The summed E-state index contributed by atoms with van der Waals surface area (Å²) in [5.74, 6) is -1.01. The fourth-order valence-electron chi connectivity index (χ4n) is 2.81. The normalized spacial score (nSPS) is 37.8. The Morgan fingerprint density at radius 1 is 1.32 bits per heavy atom. The lowest BCUT2D eigenvalue weighted by molar-refractivity contribution is -0.178. The minimum atomic E-state index is -1.45. The van der Waals surface area contributed by atoms with Crippen LogP contribution in [0.3, 0.4) is 0 Å². The van der Waals surface area contributed by atoms with E-state index in [0.29, 0.717) is 13.0 Å². The molecule has 1 N–H and O–H groups in total. The van der Waals surface area contributed by atoms with Crippen molar-refractivity contribution in [1.82, 2.24) is 4.90 Å². The zero-order chi connectivity index (χ0) is 13.6. The standard InChI is InChI=1S/C11H13NO7/c13-6-1-2-7(14)12(6)9-8(18-11(15)16)5-3-4-17-10(5)19-9/h5,8-10H,1-4H2,(H,15,16). The highest BCUT2D eigenvalue weighted by atomic mass is 16.7. The summed E-state index contributed by atoms with van der Waals surface area (Å²) in [5.41, 5.74) is 0. The van der Waals surface area contributed by atoms with Gasteiger partial charge < -0.3 is 19.3 Å². The van der Waals surface area contributed by atoms with E-state index in [1.807, 2.05) is 0 Å². The molecule has 104 valence electrons. The monoisotopic (exact) mass is 271 g/mol. The maximum atomic E-state index is 11.7. The number of carbonyl (C=O) groups excluding carboxylic acids is 2. The number of amides is 2. The third-order valence-corrected chi connectivity index (χ3v) is 3.64. The molecule has 3 rings (SSSR count). The van der Waals surface area contributed by atoms with E-state index < -0.39 is 24.8 Å². The van der Waals surface area contributed by atoms with Crippen molar-refractivity contribution in [3.8, 4) is 0 Å². The van der Waals surface area contributed by atoms with Gasteiger partial charge in [-0.05, 0) is 6.42 Å². The lowest BCUT2D eigenvalue weighted by Crippen LogP contribution is -2.47. The van der Waals surface area contributed by atoms with Crippen LogP contribution >= 0.6 is 0 Å². The van der Waals surface area contributed by atoms with Gasteiger partial charge in [-0.1, -0.05) is 0 Å². The van der Waals surface area contributed by atoms with Gasteiger partial charge in [0.1, 0.15) is 0 Å². The molecule has 0 saturated carbocycles. The Morgan fingerprint density at radius 3 is 2.63 bits per heavy atom. The third kappa shape index (κ3) is 1.96. The van der Waals surface area contributed by atoms with Crippen LogP contribution in [0.4, 0.5) is 4.79 Å². The summed E-state index contributed by atoms with van der Waals surface area (Å²) in [7, 11) is 0. The minimum Gasteiger partial charge on any atom is -0.450 e. The fourth-order valence-corrected chi connectivity index (χ4v) is 2.81. The van der Waals surface area contributed by atoms with Gasteiger partial charge in [0.05, 0.1) is 12.5 Å². The molecule has 0 radical (unpaired) electrons. The number of carboxylic acid groups (broad SMARTS) is 1. The molecular formula is C11H13NO7. The smallest absolute Gasteiger partial charge is 0.450 e. The van der Waals surface area contributed by atoms with Crippen LogP contribution in [0.5, 0.6) is 0 Å². The van der Waals surface area contributed by atoms with E-state index in [-0.39, 0.29) is 30.6 Å². The first kappa shape index (κ1) is 12.4. The topological polar surface area (TPSA) is 102 Å². The Balaban J connectivity index is 1.84. The number of carbonyl (C=O) groups is 3. The first-order valence-electron chi connectivity index (χ1n) is 6.09. The second-order valence-corrected chi connectivity index (χ2v) is 4.72. The summed E-state index contributed by atoms with van der Waals surface area (Å²) in [6.45, 7) is 0.448. The molecule has 0 aromatic rings. The maximum Gasteiger partial charge on any atom is 0.506 e. The lowest BCUT2D eigenvalue weighted by Gasteiger charge is -2.27. The average molecular weight is 271 g/mol. The first-order valence-corrected chi connectivity index (χ1v) is 6.09. The van der Waals surface area contributed by atoms with Gasteiger partial charge in [0.2, 0.25) is 11.8 Å². The molecule has 8 heteroatoms. The molecule has 4 unspecified atom stereocenters. The van der Waals surface area contributed by atoms with Crippen LogP contribution in [-0.2, 0) is 23.8 Å². The van der Waals surface area contributed by atoms with Crippen molar-refractivity contribution in [1.29, 1.82) is 0 Å². The Morgan fingerprint density at radius 2 is 2.00 bits per heavy atom. The third-order valence-electron chi connectivity index (χ3n) is 3.64. The van der Waals surface area contributed by atoms with E-state index >= 15 is 0 Å². The van der Waals surface area contributed by atoms with E-state index in [4.69, 9.17) is 19.3 Å². The molecule has 4 atom stereocenters. The summed E-state index contributed by atoms with van der Waals surface area (Å²) in [5, 5.41) is 8.78. The van der Waals surface area contributed by atoms with Crippen molar-refractivity contribution in [2.75, 3.05) is 6.61 Å². The number of nitrogens with zero attached hydrogens (tertiary/aromatic N) is 1. The van der Waals surface area contributed by atoms with E-state index in [1.165, 1.54) is 0 Å². The van der Waals surface area contributed by atoms with E-state index in [1.54, 1.807) is 0 Å². The van der Waals surface area contributed by atoms with Crippen LogP contribution in [0.2, 0.25) is 0 Å². The molecule has 8 nitrogen and oxygen atoms in total. The zero-order valence-corrected chi connectivity index (χ0v) is 9.98. The molecule has 19 heavy (non-hydrogen) atoms.